The van der Waals surface area contributed by atoms with Gasteiger partial charge in [0.25, 0.3) is 0 Å². The number of nitrogens with two attached hydrogens (primary N) is 1. The van der Waals surface area contributed by atoms with Crippen LogP contribution < -0.4 is 15.8 Å². The van der Waals surface area contributed by atoms with Gasteiger partial charge in [0, 0.05) is 17.5 Å². The number of primary amides is 1. The maximum atomic E-state index is 11.5. The topological polar surface area (TPSA) is 93.0 Å². The van der Waals surface area contributed by atoms with Crippen LogP contribution in [0.15, 0.2) is 66.7 Å². The molecular weight excluding hydrogens is 424 g/mol. The summed E-state index contributed by atoms with van der Waals surface area (Å²) in [5.74, 6) is 1.68. The lowest BCUT2D eigenvalue weighted by Crippen LogP contribution is -2.38. The normalized spacial score (nSPS) is 15.3. The zero-order chi connectivity index (χ0) is 23.5. The van der Waals surface area contributed by atoms with E-state index in [0.29, 0.717) is 11.5 Å². The predicted octanol–water partition coefficient (Wildman–Crippen LogP) is 4.63. The van der Waals surface area contributed by atoms with Crippen molar-refractivity contribution < 1.29 is 9.53 Å². The summed E-state index contributed by atoms with van der Waals surface area (Å²) in [4.78, 5) is 19.4. The number of imidazole rings is 1. The minimum Gasteiger partial charge on any atom is -0.490 e. The highest BCUT2D eigenvalue weighted by molar-refractivity contribution is 5.96. The molecule has 1 saturated heterocycles. The van der Waals surface area contributed by atoms with Crippen LogP contribution in [-0.2, 0) is 6.42 Å². The van der Waals surface area contributed by atoms with E-state index in [1.165, 1.54) is 11.1 Å². The Morgan fingerprint density at radius 1 is 1.06 bits per heavy atom. The number of aromatic nitrogens is 2. The molecule has 0 radical (unpaired) electrons. The average Bonchev–Trinajstić information content (AvgIpc) is 3.29. The van der Waals surface area contributed by atoms with Crippen LogP contribution in [0.4, 0.5) is 0 Å². The van der Waals surface area contributed by atoms with Crippen molar-refractivity contribution in [2.75, 3.05) is 13.1 Å². The third-order valence-corrected chi connectivity index (χ3v) is 6.65. The first-order valence-corrected chi connectivity index (χ1v) is 11.9. The molecule has 1 aliphatic heterocycles. The van der Waals surface area contributed by atoms with E-state index >= 15 is 0 Å². The number of hydrogen-bond donors (Lipinski definition) is 3. The summed E-state index contributed by atoms with van der Waals surface area (Å²) in [6, 6.07) is 22.1. The van der Waals surface area contributed by atoms with E-state index in [0.717, 1.165) is 60.5 Å². The van der Waals surface area contributed by atoms with Crippen molar-refractivity contribution in [3.8, 4) is 17.1 Å². The van der Waals surface area contributed by atoms with Crippen molar-refractivity contribution in [2.24, 2.45) is 11.7 Å². The number of hydrogen-bond acceptors (Lipinski definition) is 4. The highest BCUT2D eigenvalue weighted by Gasteiger charge is 2.25. The van der Waals surface area contributed by atoms with Crippen molar-refractivity contribution in [3.05, 3.63) is 83.4 Å². The summed E-state index contributed by atoms with van der Waals surface area (Å²) < 4.78 is 6.57. The fourth-order valence-corrected chi connectivity index (χ4v) is 4.64. The van der Waals surface area contributed by atoms with E-state index in [9.17, 15) is 4.79 Å². The summed E-state index contributed by atoms with van der Waals surface area (Å²) >= 11 is 0. The molecule has 1 atom stereocenters. The van der Waals surface area contributed by atoms with Crippen molar-refractivity contribution in [1.29, 1.82) is 0 Å². The van der Waals surface area contributed by atoms with Gasteiger partial charge in [-0.1, -0.05) is 29.8 Å². The van der Waals surface area contributed by atoms with Crippen molar-refractivity contribution in [3.63, 3.8) is 0 Å². The quantitative estimate of drug-likeness (QED) is 0.380. The van der Waals surface area contributed by atoms with Gasteiger partial charge in [-0.25, -0.2) is 4.98 Å². The molecule has 0 saturated carbocycles. The SMILES string of the molecule is Cc1ccc(CC(Oc2ccc(-c3nc4cc(C(N)=O)ccc4[nH]3)cc2)C2CCNCC2)cc1. The minimum atomic E-state index is -0.457. The second-order valence-electron chi connectivity index (χ2n) is 9.14. The van der Waals surface area contributed by atoms with Crippen LogP contribution in [0.2, 0.25) is 0 Å². The number of piperidine rings is 1. The zero-order valence-electron chi connectivity index (χ0n) is 19.4. The number of fused-ring (bicyclic) bond motifs is 1. The van der Waals surface area contributed by atoms with E-state index in [4.69, 9.17) is 10.5 Å². The minimum absolute atomic E-state index is 0.133. The molecule has 1 unspecified atom stereocenters. The Kier molecular flexibility index (Phi) is 6.32. The average molecular weight is 455 g/mol. The maximum Gasteiger partial charge on any atom is 0.248 e. The Labute approximate surface area is 199 Å². The first-order valence-electron chi connectivity index (χ1n) is 11.9. The third kappa shape index (κ3) is 4.97. The fourth-order valence-electron chi connectivity index (χ4n) is 4.64. The summed E-state index contributed by atoms with van der Waals surface area (Å²) in [6.07, 6.45) is 3.29. The number of amides is 1. The molecule has 174 valence electrons. The molecule has 34 heavy (non-hydrogen) atoms. The monoisotopic (exact) mass is 454 g/mol. The zero-order valence-corrected chi connectivity index (χ0v) is 19.4. The molecule has 1 fully saturated rings. The van der Waals surface area contributed by atoms with Crippen LogP contribution in [0, 0.1) is 12.8 Å². The van der Waals surface area contributed by atoms with Gasteiger partial charge in [0.15, 0.2) is 0 Å². The first kappa shape index (κ1) is 22.2. The number of nitrogens with zero attached hydrogens (tertiary/aromatic N) is 1. The van der Waals surface area contributed by atoms with Crippen molar-refractivity contribution in [1.82, 2.24) is 15.3 Å². The Morgan fingerprint density at radius 3 is 2.50 bits per heavy atom. The Hall–Kier alpha value is -3.64. The summed E-state index contributed by atoms with van der Waals surface area (Å²) in [5, 5.41) is 3.46. The Morgan fingerprint density at radius 2 is 1.79 bits per heavy atom. The van der Waals surface area contributed by atoms with Gasteiger partial charge < -0.3 is 20.8 Å². The Balaban J connectivity index is 1.34. The number of aryl methyl sites for hydroxylation is 1. The lowest BCUT2D eigenvalue weighted by molar-refractivity contribution is 0.100. The lowest BCUT2D eigenvalue weighted by Gasteiger charge is -2.31. The third-order valence-electron chi connectivity index (χ3n) is 6.65. The van der Waals surface area contributed by atoms with Crippen LogP contribution in [0.25, 0.3) is 22.4 Å². The van der Waals surface area contributed by atoms with Crippen LogP contribution in [0.5, 0.6) is 5.75 Å². The molecule has 4 aromatic rings. The number of benzene rings is 3. The second kappa shape index (κ2) is 9.69. The number of carbonyl (C=O) groups is 1. The predicted molar refractivity (Wildman–Crippen MR) is 135 cm³/mol. The van der Waals surface area contributed by atoms with Crippen LogP contribution in [0.3, 0.4) is 0 Å². The molecule has 1 amide bonds. The van der Waals surface area contributed by atoms with E-state index in [1.54, 1.807) is 12.1 Å². The van der Waals surface area contributed by atoms with E-state index in [1.807, 2.05) is 30.3 Å². The van der Waals surface area contributed by atoms with Gasteiger partial charge in [0.05, 0.1) is 11.0 Å². The molecule has 4 N–H and O–H groups in total. The smallest absolute Gasteiger partial charge is 0.248 e. The molecule has 1 aromatic heterocycles. The number of aromatic amines is 1. The van der Waals surface area contributed by atoms with Gasteiger partial charge in [-0.2, -0.15) is 0 Å². The van der Waals surface area contributed by atoms with Crippen LogP contribution in [-0.4, -0.2) is 35.1 Å². The van der Waals surface area contributed by atoms with Gasteiger partial charge in [-0.15, -0.1) is 0 Å². The summed E-state index contributed by atoms with van der Waals surface area (Å²) in [6.45, 7) is 4.20. The lowest BCUT2D eigenvalue weighted by atomic mass is 9.88. The molecule has 1 aliphatic rings. The number of H-pyrrole nitrogens is 1. The van der Waals surface area contributed by atoms with Gasteiger partial charge in [-0.3, -0.25) is 4.79 Å². The van der Waals surface area contributed by atoms with Gasteiger partial charge in [0.1, 0.15) is 17.7 Å². The molecule has 3 aromatic carbocycles. The number of nitrogens with one attached hydrogen (secondary N) is 2. The fraction of sp³-hybridized carbons (Fsp3) is 0.286. The molecular formula is C28H30N4O2. The van der Waals surface area contributed by atoms with E-state index in [-0.39, 0.29) is 6.10 Å². The largest absolute Gasteiger partial charge is 0.490 e. The van der Waals surface area contributed by atoms with Crippen molar-refractivity contribution in [2.45, 2.75) is 32.3 Å². The molecule has 0 spiro atoms. The summed E-state index contributed by atoms with van der Waals surface area (Å²) in [5.41, 5.74) is 11.0. The van der Waals surface area contributed by atoms with Gasteiger partial charge in [-0.05, 0) is 86.8 Å². The van der Waals surface area contributed by atoms with Gasteiger partial charge >= 0.3 is 0 Å². The van der Waals surface area contributed by atoms with E-state index < -0.39 is 5.91 Å². The van der Waals surface area contributed by atoms with Crippen LogP contribution in [0.1, 0.15) is 34.3 Å². The first-order chi connectivity index (χ1) is 16.5. The van der Waals surface area contributed by atoms with Crippen LogP contribution >= 0.6 is 0 Å². The summed E-state index contributed by atoms with van der Waals surface area (Å²) in [7, 11) is 0. The number of carbonyl (C=O) groups excluding carboxylic acids is 1. The standard InChI is InChI=1S/C28H30N4O2/c1-18-2-4-19(5-3-18)16-26(20-12-14-30-15-13-20)34-23-9-6-21(7-10-23)28-31-24-11-8-22(27(29)33)17-25(24)32-28/h2-11,17,20,26,30H,12-16H2,1H3,(H2,29,33)(H,31,32). The van der Waals surface area contributed by atoms with E-state index in [2.05, 4.69) is 46.5 Å². The molecule has 6 heteroatoms. The molecule has 0 bridgehead atoms. The van der Waals surface area contributed by atoms with Crippen molar-refractivity contribution >= 4 is 16.9 Å². The molecule has 2 heterocycles. The number of ether oxygens (including phenoxy) is 1. The number of rotatable bonds is 7. The second-order valence-corrected chi connectivity index (χ2v) is 9.14. The highest BCUT2D eigenvalue weighted by atomic mass is 16.5. The highest BCUT2D eigenvalue weighted by Crippen LogP contribution is 2.28. The molecule has 0 aliphatic carbocycles. The Bertz CT molecular complexity index is 1270. The molecule has 5 rings (SSSR count). The van der Waals surface area contributed by atoms with Gasteiger partial charge in [0.2, 0.25) is 5.91 Å². The maximum absolute atomic E-state index is 11.5. The molecule has 6 nitrogen and oxygen atoms in total.